The van der Waals surface area contributed by atoms with Gasteiger partial charge in [0.1, 0.15) is 9.84 Å². The lowest BCUT2D eigenvalue weighted by Gasteiger charge is -2.05. The molecule has 0 saturated carbocycles. The fourth-order valence-corrected chi connectivity index (χ4v) is 1.62. The number of aromatic carboxylic acids is 1. The van der Waals surface area contributed by atoms with Gasteiger partial charge in [-0.2, -0.15) is 0 Å². The summed E-state index contributed by atoms with van der Waals surface area (Å²) < 4.78 is 21.7. The summed E-state index contributed by atoms with van der Waals surface area (Å²) in [5, 5.41) is 11.6. The molecule has 1 rings (SSSR count). The van der Waals surface area contributed by atoms with Crippen LogP contribution in [0, 0.1) is 0 Å². The van der Waals surface area contributed by atoms with Crippen molar-refractivity contribution < 1.29 is 18.3 Å². The zero-order valence-corrected chi connectivity index (χ0v) is 9.62. The third-order valence-corrected chi connectivity index (χ3v) is 2.86. The molecule has 0 spiro atoms. The molecule has 0 fully saturated rings. The molecule has 1 aromatic carbocycles. The Labute approximate surface area is 94.0 Å². The molecule has 0 bridgehead atoms. The van der Waals surface area contributed by atoms with Gasteiger partial charge in [-0.15, -0.1) is 0 Å². The van der Waals surface area contributed by atoms with Gasteiger partial charge in [-0.1, -0.05) is 6.07 Å². The number of benzene rings is 1. The van der Waals surface area contributed by atoms with Gasteiger partial charge in [-0.05, 0) is 18.2 Å². The molecule has 0 radical (unpaired) electrons. The van der Waals surface area contributed by atoms with Gasteiger partial charge < -0.3 is 10.4 Å². The third kappa shape index (κ3) is 4.31. The summed E-state index contributed by atoms with van der Waals surface area (Å²) in [4.78, 5) is 10.7. The summed E-state index contributed by atoms with van der Waals surface area (Å²) in [5.74, 6) is -0.989. The van der Waals surface area contributed by atoms with Crippen LogP contribution in [0.25, 0.3) is 0 Å². The summed E-state index contributed by atoms with van der Waals surface area (Å²) in [5.41, 5.74) is 0.771. The number of sulfone groups is 1. The van der Waals surface area contributed by atoms with Crippen molar-refractivity contribution in [2.24, 2.45) is 0 Å². The van der Waals surface area contributed by atoms with Gasteiger partial charge in [0, 0.05) is 18.5 Å². The SMILES string of the molecule is CS(=O)(=O)CCNc1cccc(C(=O)O)c1. The van der Waals surface area contributed by atoms with Crippen LogP contribution in [0.2, 0.25) is 0 Å². The number of carbonyl (C=O) groups is 1. The maximum absolute atomic E-state index is 10.9. The maximum Gasteiger partial charge on any atom is 0.335 e. The number of nitrogens with one attached hydrogen (secondary N) is 1. The van der Waals surface area contributed by atoms with Gasteiger partial charge in [0.2, 0.25) is 0 Å². The van der Waals surface area contributed by atoms with Crippen LogP contribution in [0.15, 0.2) is 24.3 Å². The number of carboxylic acid groups (broad SMARTS) is 1. The smallest absolute Gasteiger partial charge is 0.335 e. The first-order valence-corrected chi connectivity index (χ1v) is 6.69. The number of anilines is 1. The molecule has 0 aromatic heterocycles. The highest BCUT2D eigenvalue weighted by molar-refractivity contribution is 7.90. The van der Waals surface area contributed by atoms with Gasteiger partial charge in [0.25, 0.3) is 0 Å². The maximum atomic E-state index is 10.9. The first kappa shape index (κ1) is 12.5. The van der Waals surface area contributed by atoms with E-state index in [-0.39, 0.29) is 17.9 Å². The fraction of sp³-hybridized carbons (Fsp3) is 0.300. The lowest BCUT2D eigenvalue weighted by molar-refractivity contribution is 0.0697. The van der Waals surface area contributed by atoms with Crippen LogP contribution in [0.3, 0.4) is 0 Å². The molecule has 16 heavy (non-hydrogen) atoms. The largest absolute Gasteiger partial charge is 0.478 e. The van der Waals surface area contributed by atoms with Crippen LogP contribution in [-0.4, -0.2) is 38.0 Å². The van der Waals surface area contributed by atoms with E-state index in [0.717, 1.165) is 6.26 Å². The number of hydrogen-bond acceptors (Lipinski definition) is 4. The summed E-state index contributed by atoms with van der Waals surface area (Å²) in [6.07, 6.45) is 1.16. The first-order valence-electron chi connectivity index (χ1n) is 4.63. The second-order valence-electron chi connectivity index (χ2n) is 3.44. The molecule has 0 amide bonds. The minimum Gasteiger partial charge on any atom is -0.478 e. The van der Waals surface area contributed by atoms with Crippen molar-refractivity contribution in [3.8, 4) is 0 Å². The first-order chi connectivity index (χ1) is 7.38. The molecule has 0 atom stereocenters. The summed E-state index contributed by atoms with van der Waals surface area (Å²) in [7, 11) is -3.00. The molecule has 5 nitrogen and oxygen atoms in total. The highest BCUT2D eigenvalue weighted by Gasteiger charge is 2.04. The Kier molecular flexibility index (Phi) is 3.89. The molecule has 0 aliphatic rings. The van der Waals surface area contributed by atoms with E-state index in [2.05, 4.69) is 5.32 Å². The molecule has 0 aliphatic carbocycles. The van der Waals surface area contributed by atoms with Crippen molar-refractivity contribution in [2.45, 2.75) is 0 Å². The average molecular weight is 243 g/mol. The normalized spacial score (nSPS) is 11.1. The minimum atomic E-state index is -3.00. The Morgan fingerprint density at radius 3 is 2.69 bits per heavy atom. The second-order valence-corrected chi connectivity index (χ2v) is 5.70. The second kappa shape index (κ2) is 4.98. The zero-order valence-electron chi connectivity index (χ0n) is 8.80. The molecule has 88 valence electrons. The number of hydrogen-bond donors (Lipinski definition) is 2. The predicted molar refractivity (Wildman–Crippen MR) is 61.6 cm³/mol. The van der Waals surface area contributed by atoms with E-state index in [9.17, 15) is 13.2 Å². The number of rotatable bonds is 5. The van der Waals surface area contributed by atoms with Crippen LogP contribution in [0.1, 0.15) is 10.4 Å². The van der Waals surface area contributed by atoms with E-state index >= 15 is 0 Å². The van der Waals surface area contributed by atoms with E-state index in [0.29, 0.717) is 5.69 Å². The molecule has 2 N–H and O–H groups in total. The monoisotopic (exact) mass is 243 g/mol. The topological polar surface area (TPSA) is 83.5 Å². The Bertz CT molecular complexity index is 481. The molecular formula is C10H13NO4S. The van der Waals surface area contributed by atoms with Crippen molar-refractivity contribution in [2.75, 3.05) is 23.9 Å². The van der Waals surface area contributed by atoms with Crippen molar-refractivity contribution in [3.63, 3.8) is 0 Å². The molecule has 0 aliphatic heterocycles. The van der Waals surface area contributed by atoms with Crippen molar-refractivity contribution in [1.82, 2.24) is 0 Å². The van der Waals surface area contributed by atoms with Crippen molar-refractivity contribution in [3.05, 3.63) is 29.8 Å². The quantitative estimate of drug-likeness (QED) is 0.800. The van der Waals surface area contributed by atoms with Crippen LogP contribution in [0.4, 0.5) is 5.69 Å². The zero-order chi connectivity index (χ0) is 12.2. The lowest BCUT2D eigenvalue weighted by Crippen LogP contribution is -2.14. The summed E-state index contributed by atoms with van der Waals surface area (Å²) in [6.45, 7) is 0.266. The fourth-order valence-electron chi connectivity index (χ4n) is 1.14. The molecule has 0 heterocycles. The average Bonchev–Trinajstić information content (AvgIpc) is 2.16. The van der Waals surface area contributed by atoms with Crippen LogP contribution in [-0.2, 0) is 9.84 Å². The Morgan fingerprint density at radius 1 is 1.44 bits per heavy atom. The molecule has 6 heteroatoms. The number of carboxylic acids is 1. The Balaban J connectivity index is 2.61. The van der Waals surface area contributed by atoms with Crippen molar-refractivity contribution in [1.29, 1.82) is 0 Å². The molecule has 1 aromatic rings. The van der Waals surface area contributed by atoms with E-state index in [1.54, 1.807) is 12.1 Å². The molecule has 0 saturated heterocycles. The van der Waals surface area contributed by atoms with Gasteiger partial charge in [0.15, 0.2) is 0 Å². The Morgan fingerprint density at radius 2 is 2.12 bits per heavy atom. The van der Waals surface area contributed by atoms with Gasteiger partial charge >= 0.3 is 5.97 Å². The van der Waals surface area contributed by atoms with Crippen LogP contribution < -0.4 is 5.32 Å². The third-order valence-electron chi connectivity index (χ3n) is 1.91. The molecular weight excluding hydrogens is 230 g/mol. The Hall–Kier alpha value is -1.56. The standard InChI is InChI=1S/C10H13NO4S/c1-16(14,15)6-5-11-9-4-2-3-8(7-9)10(12)13/h2-4,7,11H,5-6H2,1H3,(H,12,13). The van der Waals surface area contributed by atoms with Crippen LogP contribution in [0.5, 0.6) is 0 Å². The lowest BCUT2D eigenvalue weighted by atomic mass is 10.2. The van der Waals surface area contributed by atoms with E-state index in [1.807, 2.05) is 0 Å². The predicted octanol–water partition coefficient (Wildman–Crippen LogP) is 0.841. The van der Waals surface area contributed by atoms with E-state index < -0.39 is 15.8 Å². The summed E-state index contributed by atoms with van der Waals surface area (Å²) in [6, 6.07) is 6.23. The highest BCUT2D eigenvalue weighted by Crippen LogP contribution is 2.10. The van der Waals surface area contributed by atoms with Gasteiger partial charge in [-0.25, -0.2) is 13.2 Å². The van der Waals surface area contributed by atoms with Crippen LogP contribution >= 0.6 is 0 Å². The van der Waals surface area contributed by atoms with Gasteiger partial charge in [0.05, 0.1) is 11.3 Å². The van der Waals surface area contributed by atoms with E-state index in [1.165, 1.54) is 12.1 Å². The minimum absolute atomic E-state index is 0.0182. The molecule has 0 unspecified atom stereocenters. The summed E-state index contributed by atoms with van der Waals surface area (Å²) >= 11 is 0. The van der Waals surface area contributed by atoms with Gasteiger partial charge in [-0.3, -0.25) is 0 Å². The van der Waals surface area contributed by atoms with Crippen molar-refractivity contribution >= 4 is 21.5 Å². The highest BCUT2D eigenvalue weighted by atomic mass is 32.2. The van der Waals surface area contributed by atoms with E-state index in [4.69, 9.17) is 5.11 Å².